The van der Waals surface area contributed by atoms with Crippen molar-refractivity contribution in [2.75, 3.05) is 32.5 Å². The molecule has 0 spiro atoms. The van der Waals surface area contributed by atoms with Crippen LogP contribution in [0.4, 0.5) is 5.69 Å². The summed E-state index contributed by atoms with van der Waals surface area (Å²) in [6.45, 7) is 7.07. The van der Waals surface area contributed by atoms with Crippen molar-refractivity contribution in [2.24, 2.45) is 4.99 Å². The molecule has 1 aromatic carbocycles. The fraction of sp³-hybridized carbons (Fsp3) is 0.444. The molecule has 0 unspecified atom stereocenters. The quantitative estimate of drug-likeness (QED) is 0.327. The van der Waals surface area contributed by atoms with Crippen LogP contribution in [0.2, 0.25) is 5.02 Å². The molecule has 0 radical (unpaired) electrons. The molecule has 1 aromatic rings. The number of carbonyl (C=O) groups is 1. The van der Waals surface area contributed by atoms with Crippen LogP contribution in [0.1, 0.15) is 24.8 Å². The molecule has 6 heteroatoms. The predicted octanol–water partition coefficient (Wildman–Crippen LogP) is 3.45. The molecule has 0 aliphatic rings. The summed E-state index contributed by atoms with van der Waals surface area (Å²) < 4.78 is 0. The number of unbranched alkanes of at least 4 members (excludes halogenated alkanes) is 1. The van der Waals surface area contributed by atoms with Crippen molar-refractivity contribution >= 4 is 29.2 Å². The number of hydrogen-bond donors (Lipinski definition) is 2. The Hall–Kier alpha value is -2.01. The molecule has 0 saturated heterocycles. The Morgan fingerprint density at radius 1 is 1.46 bits per heavy atom. The molecule has 0 aromatic heterocycles. The van der Waals surface area contributed by atoms with Gasteiger partial charge in [-0.25, -0.2) is 0 Å². The van der Waals surface area contributed by atoms with Crippen molar-refractivity contribution in [1.29, 1.82) is 0 Å². The van der Waals surface area contributed by atoms with Gasteiger partial charge in [-0.05, 0) is 37.5 Å². The van der Waals surface area contributed by atoms with E-state index in [9.17, 15) is 4.79 Å². The fourth-order valence-electron chi connectivity index (χ4n) is 2.19. The molecule has 132 valence electrons. The number of aliphatic imine (C=N–C) groups is 1. The zero-order chi connectivity index (χ0) is 17.9. The highest BCUT2D eigenvalue weighted by Crippen LogP contribution is 2.22. The first-order valence-electron chi connectivity index (χ1n) is 8.06. The van der Waals surface area contributed by atoms with Crippen LogP contribution in [0.15, 0.2) is 35.8 Å². The number of allylic oxidation sites excluding steroid dienone is 1. The largest absolute Gasteiger partial charge is 0.356 e. The highest BCUT2D eigenvalue weighted by molar-refractivity contribution is 6.33. The van der Waals surface area contributed by atoms with Crippen LogP contribution in [-0.4, -0.2) is 44.0 Å². The first-order chi connectivity index (χ1) is 11.5. The molecule has 1 rings (SSSR count). The molecule has 0 aliphatic heterocycles. The number of anilines is 1. The van der Waals surface area contributed by atoms with E-state index < -0.39 is 0 Å². The van der Waals surface area contributed by atoms with Gasteiger partial charge in [-0.15, -0.1) is 6.58 Å². The second-order valence-electron chi connectivity index (χ2n) is 5.61. The average molecular weight is 351 g/mol. The lowest BCUT2D eigenvalue weighted by Crippen LogP contribution is -2.40. The van der Waals surface area contributed by atoms with Crippen molar-refractivity contribution in [1.82, 2.24) is 10.2 Å². The summed E-state index contributed by atoms with van der Waals surface area (Å²) in [6, 6.07) is 5.56. The molecule has 2 N–H and O–H groups in total. The third kappa shape index (κ3) is 7.04. The summed E-state index contributed by atoms with van der Waals surface area (Å²) in [5, 5.41) is 6.57. The van der Waals surface area contributed by atoms with Gasteiger partial charge >= 0.3 is 0 Å². The van der Waals surface area contributed by atoms with Crippen LogP contribution in [0.25, 0.3) is 0 Å². The van der Waals surface area contributed by atoms with Crippen molar-refractivity contribution in [3.8, 4) is 0 Å². The number of amides is 1. The fourth-order valence-corrected chi connectivity index (χ4v) is 2.47. The minimum atomic E-state index is -0.0852. The Morgan fingerprint density at radius 2 is 2.21 bits per heavy atom. The third-order valence-corrected chi connectivity index (χ3v) is 3.82. The zero-order valence-electron chi connectivity index (χ0n) is 14.7. The number of carbonyl (C=O) groups excluding carboxylic acids is 1. The second-order valence-corrected chi connectivity index (χ2v) is 6.02. The first kappa shape index (κ1) is 20.0. The van der Waals surface area contributed by atoms with E-state index in [0.717, 1.165) is 30.9 Å². The van der Waals surface area contributed by atoms with Gasteiger partial charge in [0.2, 0.25) is 5.91 Å². The molecular formula is C18H27ClN4O. The number of rotatable bonds is 8. The van der Waals surface area contributed by atoms with Crippen LogP contribution < -0.4 is 10.6 Å². The van der Waals surface area contributed by atoms with E-state index in [1.807, 2.05) is 43.1 Å². The SMILES string of the molecule is C=CCCCN(C)C(=NC)NCCC(=O)Nc1ccc(C)cc1Cl. The molecular weight excluding hydrogens is 324 g/mol. The monoisotopic (exact) mass is 350 g/mol. The van der Waals surface area contributed by atoms with Gasteiger partial charge in [-0.1, -0.05) is 23.7 Å². The lowest BCUT2D eigenvalue weighted by Gasteiger charge is -2.21. The molecule has 1 amide bonds. The topological polar surface area (TPSA) is 56.7 Å². The van der Waals surface area contributed by atoms with Crippen LogP contribution in [0.3, 0.4) is 0 Å². The Morgan fingerprint density at radius 3 is 2.83 bits per heavy atom. The van der Waals surface area contributed by atoms with Gasteiger partial charge < -0.3 is 15.5 Å². The molecule has 24 heavy (non-hydrogen) atoms. The standard InChI is InChI=1S/C18H27ClN4O/c1-5-6-7-12-23(4)18(20-3)21-11-10-17(24)22-16-9-8-14(2)13-15(16)19/h5,8-9,13H,1,6-7,10-12H2,2-4H3,(H,20,21)(H,22,24). The van der Waals surface area contributed by atoms with Gasteiger partial charge in [-0.3, -0.25) is 9.79 Å². The molecule has 0 heterocycles. The Bertz CT molecular complexity index is 586. The van der Waals surface area contributed by atoms with E-state index >= 15 is 0 Å². The van der Waals surface area contributed by atoms with E-state index in [2.05, 4.69) is 22.2 Å². The lowest BCUT2D eigenvalue weighted by atomic mass is 10.2. The maximum atomic E-state index is 12.0. The highest BCUT2D eigenvalue weighted by atomic mass is 35.5. The predicted molar refractivity (Wildman–Crippen MR) is 103 cm³/mol. The van der Waals surface area contributed by atoms with Crippen LogP contribution in [0.5, 0.6) is 0 Å². The van der Waals surface area contributed by atoms with Gasteiger partial charge in [-0.2, -0.15) is 0 Å². The number of hydrogen-bond acceptors (Lipinski definition) is 2. The van der Waals surface area contributed by atoms with Crippen LogP contribution in [0, 0.1) is 6.92 Å². The van der Waals surface area contributed by atoms with Crippen molar-refractivity contribution in [3.63, 3.8) is 0 Å². The van der Waals surface area contributed by atoms with Gasteiger partial charge in [0.1, 0.15) is 0 Å². The number of nitrogens with zero attached hydrogens (tertiary/aromatic N) is 2. The van der Waals surface area contributed by atoms with Gasteiger partial charge in [0, 0.05) is 33.6 Å². The van der Waals surface area contributed by atoms with E-state index in [0.29, 0.717) is 23.7 Å². The number of halogens is 1. The normalized spacial score (nSPS) is 11.1. The smallest absolute Gasteiger partial charge is 0.226 e. The van der Waals surface area contributed by atoms with E-state index in [4.69, 9.17) is 11.6 Å². The van der Waals surface area contributed by atoms with Crippen molar-refractivity contribution in [3.05, 3.63) is 41.4 Å². The number of aryl methyl sites for hydroxylation is 1. The second kappa shape index (κ2) is 10.7. The maximum absolute atomic E-state index is 12.0. The third-order valence-electron chi connectivity index (χ3n) is 3.51. The summed E-state index contributed by atoms with van der Waals surface area (Å²) in [5.41, 5.74) is 1.70. The molecule has 0 fully saturated rings. The molecule has 0 bridgehead atoms. The average Bonchev–Trinajstić information content (AvgIpc) is 2.54. The molecule has 0 atom stereocenters. The minimum absolute atomic E-state index is 0.0852. The Kier molecular flexibility index (Phi) is 8.94. The van der Waals surface area contributed by atoms with Crippen LogP contribution >= 0.6 is 11.6 Å². The summed E-state index contributed by atoms with van der Waals surface area (Å²) in [7, 11) is 3.71. The summed E-state index contributed by atoms with van der Waals surface area (Å²) in [6.07, 6.45) is 4.24. The van der Waals surface area contributed by atoms with Crippen molar-refractivity contribution < 1.29 is 4.79 Å². The maximum Gasteiger partial charge on any atom is 0.226 e. The number of benzene rings is 1. The van der Waals surface area contributed by atoms with Gasteiger partial charge in [0.15, 0.2) is 5.96 Å². The number of nitrogens with one attached hydrogen (secondary N) is 2. The molecule has 0 aliphatic carbocycles. The van der Waals surface area contributed by atoms with Crippen LogP contribution in [-0.2, 0) is 4.79 Å². The van der Waals surface area contributed by atoms with Gasteiger partial charge in [0.25, 0.3) is 0 Å². The minimum Gasteiger partial charge on any atom is -0.356 e. The summed E-state index contributed by atoms with van der Waals surface area (Å²) in [5.74, 6) is 0.693. The van der Waals surface area contributed by atoms with E-state index in [1.165, 1.54) is 0 Å². The highest BCUT2D eigenvalue weighted by Gasteiger charge is 2.08. The zero-order valence-corrected chi connectivity index (χ0v) is 15.5. The summed E-state index contributed by atoms with van der Waals surface area (Å²) >= 11 is 6.12. The van der Waals surface area contributed by atoms with Crippen molar-refractivity contribution in [2.45, 2.75) is 26.2 Å². The number of guanidine groups is 1. The first-order valence-corrected chi connectivity index (χ1v) is 8.44. The summed E-state index contributed by atoms with van der Waals surface area (Å²) in [4.78, 5) is 18.3. The van der Waals surface area contributed by atoms with E-state index in [-0.39, 0.29) is 5.91 Å². The van der Waals surface area contributed by atoms with Gasteiger partial charge in [0.05, 0.1) is 10.7 Å². The lowest BCUT2D eigenvalue weighted by molar-refractivity contribution is -0.116. The molecule has 0 saturated carbocycles. The Balaban J connectivity index is 2.39. The van der Waals surface area contributed by atoms with E-state index in [1.54, 1.807) is 7.05 Å². The Labute approximate surface area is 149 Å². The molecule has 5 nitrogen and oxygen atoms in total.